The van der Waals surface area contributed by atoms with Crippen LogP contribution in [0.2, 0.25) is 0 Å². The molecule has 2 nitrogen and oxygen atoms in total. The van der Waals surface area contributed by atoms with Gasteiger partial charge in [0.2, 0.25) is 0 Å². The van der Waals surface area contributed by atoms with Crippen LogP contribution >= 0.6 is 12.4 Å². The number of rotatable bonds is 2. The van der Waals surface area contributed by atoms with Gasteiger partial charge in [-0.2, -0.15) is 0 Å². The summed E-state index contributed by atoms with van der Waals surface area (Å²) in [4.78, 5) is 4.12. The highest BCUT2D eigenvalue weighted by molar-refractivity contribution is 5.85. The van der Waals surface area contributed by atoms with Crippen LogP contribution < -0.4 is 5.73 Å². The summed E-state index contributed by atoms with van der Waals surface area (Å²) in [5.41, 5.74) is 6.71. The molecule has 1 unspecified atom stereocenters. The zero-order valence-electron chi connectivity index (χ0n) is 6.53. The van der Waals surface area contributed by atoms with Gasteiger partial charge in [0.15, 0.2) is 0 Å². The van der Waals surface area contributed by atoms with Gasteiger partial charge in [0.1, 0.15) is 0 Å². The minimum absolute atomic E-state index is 0. The second-order valence-electron chi connectivity index (χ2n) is 2.27. The normalized spacial score (nSPS) is 11.8. The van der Waals surface area contributed by atoms with Gasteiger partial charge in [-0.1, -0.05) is 13.0 Å². The van der Waals surface area contributed by atoms with Crippen molar-refractivity contribution in [1.29, 1.82) is 0 Å². The first-order chi connectivity index (χ1) is 4.84. The summed E-state index contributed by atoms with van der Waals surface area (Å²) in [6, 6.07) is 5.90. The van der Waals surface area contributed by atoms with Crippen molar-refractivity contribution in [2.75, 3.05) is 0 Å². The Morgan fingerprint density at radius 1 is 1.55 bits per heavy atom. The highest BCUT2D eigenvalue weighted by Gasteiger charge is 2.01. The van der Waals surface area contributed by atoms with E-state index in [4.69, 9.17) is 5.73 Å². The van der Waals surface area contributed by atoms with Crippen LogP contribution in [0.25, 0.3) is 0 Å². The maximum Gasteiger partial charge on any atom is 0.0570 e. The van der Waals surface area contributed by atoms with Gasteiger partial charge >= 0.3 is 0 Å². The lowest BCUT2D eigenvalue weighted by Crippen LogP contribution is -2.09. The Morgan fingerprint density at radius 2 is 2.27 bits per heavy atom. The van der Waals surface area contributed by atoms with Gasteiger partial charge in [-0.15, -0.1) is 12.4 Å². The quantitative estimate of drug-likeness (QED) is 0.741. The minimum atomic E-state index is 0. The van der Waals surface area contributed by atoms with Crippen LogP contribution in [0.5, 0.6) is 0 Å². The van der Waals surface area contributed by atoms with Gasteiger partial charge < -0.3 is 5.73 Å². The summed E-state index contributed by atoms with van der Waals surface area (Å²) in [6.45, 7) is 2.05. The fourth-order valence-corrected chi connectivity index (χ4v) is 0.804. The molecule has 0 aliphatic carbocycles. The summed E-state index contributed by atoms with van der Waals surface area (Å²) in [7, 11) is 0. The molecule has 1 atom stereocenters. The summed E-state index contributed by atoms with van der Waals surface area (Å²) in [5.74, 6) is 0. The van der Waals surface area contributed by atoms with E-state index in [1.165, 1.54) is 0 Å². The molecule has 11 heavy (non-hydrogen) atoms. The largest absolute Gasteiger partial charge is 0.323 e. The highest BCUT2D eigenvalue weighted by atomic mass is 35.5. The SMILES string of the molecule is CCC(N)c1ccccn1.Cl. The maximum absolute atomic E-state index is 5.73. The van der Waals surface area contributed by atoms with E-state index in [9.17, 15) is 0 Å². The Morgan fingerprint density at radius 3 is 2.73 bits per heavy atom. The topological polar surface area (TPSA) is 38.9 Å². The fourth-order valence-electron chi connectivity index (χ4n) is 0.804. The molecule has 1 aromatic rings. The van der Waals surface area contributed by atoms with E-state index in [1.54, 1.807) is 6.20 Å². The van der Waals surface area contributed by atoms with Gasteiger partial charge in [0, 0.05) is 12.2 Å². The predicted octanol–water partition coefficient (Wildman–Crippen LogP) is 1.91. The molecule has 0 aliphatic heterocycles. The van der Waals surface area contributed by atoms with E-state index in [0.29, 0.717) is 0 Å². The van der Waals surface area contributed by atoms with E-state index in [2.05, 4.69) is 11.9 Å². The van der Waals surface area contributed by atoms with Crippen LogP contribution in [-0.2, 0) is 0 Å². The summed E-state index contributed by atoms with van der Waals surface area (Å²) in [5, 5.41) is 0. The third kappa shape index (κ3) is 2.87. The molecule has 0 aromatic carbocycles. The molecule has 0 spiro atoms. The summed E-state index contributed by atoms with van der Waals surface area (Å²) in [6.07, 6.45) is 2.71. The van der Waals surface area contributed by atoms with Crippen LogP contribution in [0.15, 0.2) is 24.4 Å². The van der Waals surface area contributed by atoms with E-state index >= 15 is 0 Å². The molecule has 0 saturated heterocycles. The number of hydrogen-bond acceptors (Lipinski definition) is 2. The molecule has 0 bridgehead atoms. The van der Waals surface area contributed by atoms with E-state index < -0.39 is 0 Å². The average Bonchev–Trinajstić information content (AvgIpc) is 2.05. The molecule has 1 rings (SSSR count). The van der Waals surface area contributed by atoms with Crippen molar-refractivity contribution >= 4 is 12.4 Å². The summed E-state index contributed by atoms with van der Waals surface area (Å²) < 4.78 is 0. The molecule has 0 radical (unpaired) electrons. The van der Waals surface area contributed by atoms with Crippen LogP contribution in [0.3, 0.4) is 0 Å². The van der Waals surface area contributed by atoms with Crippen molar-refractivity contribution in [1.82, 2.24) is 4.98 Å². The molecule has 2 N–H and O–H groups in total. The predicted molar refractivity (Wildman–Crippen MR) is 48.7 cm³/mol. The molecular weight excluding hydrogens is 160 g/mol. The monoisotopic (exact) mass is 172 g/mol. The third-order valence-corrected chi connectivity index (χ3v) is 1.51. The van der Waals surface area contributed by atoms with Gasteiger partial charge in [0.05, 0.1) is 5.69 Å². The van der Waals surface area contributed by atoms with Gasteiger partial charge in [-0.25, -0.2) is 0 Å². The molecule has 62 valence electrons. The first-order valence-corrected chi connectivity index (χ1v) is 3.51. The third-order valence-electron chi connectivity index (χ3n) is 1.51. The van der Waals surface area contributed by atoms with Gasteiger partial charge in [-0.3, -0.25) is 4.98 Å². The average molecular weight is 173 g/mol. The molecule has 3 heteroatoms. The number of halogens is 1. The van der Waals surface area contributed by atoms with Gasteiger partial charge in [0.25, 0.3) is 0 Å². The molecular formula is C8H13ClN2. The Kier molecular flexibility index (Phi) is 4.83. The van der Waals surface area contributed by atoms with E-state index in [0.717, 1.165) is 12.1 Å². The number of nitrogens with zero attached hydrogens (tertiary/aromatic N) is 1. The zero-order chi connectivity index (χ0) is 7.40. The lowest BCUT2D eigenvalue weighted by atomic mass is 10.1. The Labute approximate surface area is 73.2 Å². The van der Waals surface area contributed by atoms with Crippen LogP contribution in [0, 0.1) is 0 Å². The standard InChI is InChI=1S/C8H12N2.ClH/c1-2-7(9)8-5-3-4-6-10-8;/h3-7H,2,9H2,1H3;1H. The smallest absolute Gasteiger partial charge is 0.0570 e. The Bertz CT molecular complexity index is 189. The maximum atomic E-state index is 5.73. The Hall–Kier alpha value is -0.600. The van der Waals surface area contributed by atoms with Crippen LogP contribution in [0.1, 0.15) is 25.1 Å². The fraction of sp³-hybridized carbons (Fsp3) is 0.375. The molecule has 0 amide bonds. The zero-order valence-corrected chi connectivity index (χ0v) is 7.34. The first-order valence-electron chi connectivity index (χ1n) is 3.51. The number of nitrogens with two attached hydrogens (primary N) is 1. The number of hydrogen-bond donors (Lipinski definition) is 1. The molecule has 0 fully saturated rings. The number of pyridine rings is 1. The summed E-state index contributed by atoms with van der Waals surface area (Å²) >= 11 is 0. The van der Waals surface area contributed by atoms with Crippen LogP contribution in [-0.4, -0.2) is 4.98 Å². The number of aromatic nitrogens is 1. The first kappa shape index (κ1) is 10.4. The van der Waals surface area contributed by atoms with E-state index in [1.807, 2.05) is 18.2 Å². The van der Waals surface area contributed by atoms with Crippen molar-refractivity contribution in [3.8, 4) is 0 Å². The lowest BCUT2D eigenvalue weighted by molar-refractivity contribution is 0.675. The Balaban J connectivity index is 0.000001000. The van der Waals surface area contributed by atoms with Crippen LogP contribution in [0.4, 0.5) is 0 Å². The van der Waals surface area contributed by atoms with Crippen molar-refractivity contribution in [2.45, 2.75) is 19.4 Å². The van der Waals surface area contributed by atoms with Crippen molar-refractivity contribution in [2.24, 2.45) is 5.73 Å². The van der Waals surface area contributed by atoms with Crippen molar-refractivity contribution in [3.05, 3.63) is 30.1 Å². The second-order valence-corrected chi connectivity index (χ2v) is 2.27. The molecule has 0 saturated carbocycles. The van der Waals surface area contributed by atoms with Crippen molar-refractivity contribution < 1.29 is 0 Å². The highest BCUT2D eigenvalue weighted by Crippen LogP contribution is 2.08. The van der Waals surface area contributed by atoms with Crippen molar-refractivity contribution in [3.63, 3.8) is 0 Å². The second kappa shape index (κ2) is 5.10. The van der Waals surface area contributed by atoms with E-state index in [-0.39, 0.29) is 18.4 Å². The molecule has 1 heterocycles. The lowest BCUT2D eigenvalue weighted by Gasteiger charge is -2.05. The molecule has 0 aliphatic rings. The minimum Gasteiger partial charge on any atom is -0.323 e. The van der Waals surface area contributed by atoms with Gasteiger partial charge in [-0.05, 0) is 18.6 Å². The molecule has 1 aromatic heterocycles.